The zero-order valence-electron chi connectivity index (χ0n) is 21.1. The maximum Gasteiger partial charge on any atom is 0.423 e. The van der Waals surface area contributed by atoms with Crippen LogP contribution in [-0.2, 0) is 17.1 Å². The van der Waals surface area contributed by atoms with Crippen LogP contribution >= 0.6 is 0 Å². The molecule has 2 aliphatic rings. The van der Waals surface area contributed by atoms with Crippen molar-refractivity contribution in [3.05, 3.63) is 40.1 Å². The van der Waals surface area contributed by atoms with E-state index in [-0.39, 0.29) is 64.2 Å². The summed E-state index contributed by atoms with van der Waals surface area (Å²) in [5.74, 6) is -0.204. The van der Waals surface area contributed by atoms with Crippen LogP contribution in [0.1, 0.15) is 18.1 Å². The van der Waals surface area contributed by atoms with E-state index in [4.69, 9.17) is 0 Å². The van der Waals surface area contributed by atoms with Crippen LogP contribution in [0.3, 0.4) is 0 Å². The summed E-state index contributed by atoms with van der Waals surface area (Å²) in [6, 6.07) is -1.14. The molecule has 2 N–H and O–H groups in total. The van der Waals surface area contributed by atoms with E-state index in [1.807, 2.05) is 0 Å². The molecule has 0 radical (unpaired) electrons. The Morgan fingerprint density at radius 2 is 1.57 bits per heavy atom. The Hall–Kier alpha value is -4.12. The molecule has 2 aromatic rings. The molecule has 3 amide bonds. The number of urea groups is 1. The van der Waals surface area contributed by atoms with Gasteiger partial charge in [-0.2, -0.15) is 31.4 Å². The number of piperazine rings is 1. The minimum atomic E-state index is -4.91. The molecule has 18 heteroatoms. The van der Waals surface area contributed by atoms with Gasteiger partial charge in [0.25, 0.3) is 5.56 Å². The van der Waals surface area contributed by atoms with Gasteiger partial charge in [-0.15, -0.1) is 0 Å². The molecule has 0 saturated carbocycles. The molecule has 2 aliphatic heterocycles. The molecular weight excluding hydrogens is 552 g/mol. The Kier molecular flexibility index (Phi) is 8.06. The van der Waals surface area contributed by atoms with Crippen molar-refractivity contribution in [2.75, 3.05) is 62.6 Å². The molecule has 2 aromatic heterocycles. The van der Waals surface area contributed by atoms with Crippen molar-refractivity contribution in [3.8, 4) is 0 Å². The second-order valence-electron chi connectivity index (χ2n) is 9.32. The molecule has 2 fully saturated rings. The molecule has 1 unspecified atom stereocenters. The number of aromatic nitrogens is 4. The molecule has 2 saturated heterocycles. The average Bonchev–Trinajstić information content (AvgIpc) is 3.21. The van der Waals surface area contributed by atoms with Crippen LogP contribution in [0.25, 0.3) is 0 Å². The molecule has 4 rings (SSSR count). The summed E-state index contributed by atoms with van der Waals surface area (Å²) in [6.45, 7) is 2.91. The first kappa shape index (κ1) is 28.9. The van der Waals surface area contributed by atoms with Crippen molar-refractivity contribution in [1.82, 2.24) is 34.9 Å². The molecule has 218 valence electrons. The summed E-state index contributed by atoms with van der Waals surface area (Å²) in [5, 5.41) is 7.73. The number of carbonyl (C=O) groups excluding carboxylic acids is 2. The van der Waals surface area contributed by atoms with Gasteiger partial charge in [0.05, 0.1) is 17.4 Å². The number of nitrogens with one attached hydrogen (secondary N) is 2. The average molecular weight is 577 g/mol. The lowest BCUT2D eigenvalue weighted by Crippen LogP contribution is -2.52. The number of H-pyrrole nitrogens is 1. The Balaban J connectivity index is 1.26. The predicted molar refractivity (Wildman–Crippen MR) is 127 cm³/mol. The molecular formula is C22H25F6N9O3. The summed E-state index contributed by atoms with van der Waals surface area (Å²) in [5.41, 5.74) is -4.28. The standard InChI is InChI=1S/C22H25F6N9O3/c1-13(32-15-10-31-33-18(39)17(15)22(26,27)28)11-36-6-7-37(20(36)40)12-16(38)34-2-4-35(5-3-34)19-29-8-14(9-30-19)21(23,24)25/h8-10,13H,2-7,11-12H2,1H3,(H2,32,33,39). The Bertz CT molecular complexity index is 1280. The van der Waals surface area contributed by atoms with Crippen molar-refractivity contribution in [1.29, 1.82) is 0 Å². The van der Waals surface area contributed by atoms with Crippen LogP contribution in [0.5, 0.6) is 0 Å². The molecule has 0 spiro atoms. The molecule has 1 atom stereocenters. The number of anilines is 2. The van der Waals surface area contributed by atoms with E-state index < -0.39 is 46.8 Å². The van der Waals surface area contributed by atoms with Crippen molar-refractivity contribution >= 4 is 23.6 Å². The summed E-state index contributed by atoms with van der Waals surface area (Å²) >= 11 is 0. The van der Waals surface area contributed by atoms with E-state index in [9.17, 15) is 40.7 Å². The number of alkyl halides is 6. The molecule has 12 nitrogen and oxygen atoms in total. The molecule has 0 bridgehead atoms. The highest BCUT2D eigenvalue weighted by Crippen LogP contribution is 2.32. The SMILES string of the molecule is CC(CN1CCN(CC(=O)N2CCN(c3ncc(C(F)(F)F)cn3)CC2)C1=O)Nc1cn[nH]c(=O)c1C(F)(F)F. The molecule has 0 aromatic carbocycles. The van der Waals surface area contributed by atoms with Gasteiger partial charge in [0.15, 0.2) is 0 Å². The summed E-state index contributed by atoms with van der Waals surface area (Å²) in [7, 11) is 0. The van der Waals surface area contributed by atoms with Gasteiger partial charge in [-0.3, -0.25) is 9.59 Å². The third kappa shape index (κ3) is 6.53. The Morgan fingerprint density at radius 1 is 0.950 bits per heavy atom. The number of hydrogen-bond acceptors (Lipinski definition) is 8. The monoisotopic (exact) mass is 577 g/mol. The van der Waals surface area contributed by atoms with Crippen molar-refractivity contribution in [3.63, 3.8) is 0 Å². The lowest BCUT2D eigenvalue weighted by molar-refractivity contribution is -0.139. The van der Waals surface area contributed by atoms with Gasteiger partial charge < -0.3 is 24.9 Å². The number of carbonyl (C=O) groups is 2. The molecule has 40 heavy (non-hydrogen) atoms. The van der Waals surface area contributed by atoms with Gasteiger partial charge in [0, 0.05) is 64.2 Å². The van der Waals surface area contributed by atoms with E-state index in [0.717, 1.165) is 6.20 Å². The molecule has 0 aliphatic carbocycles. The number of nitrogens with zero attached hydrogens (tertiary/aromatic N) is 7. The quantitative estimate of drug-likeness (QED) is 0.474. The second-order valence-corrected chi connectivity index (χ2v) is 9.32. The predicted octanol–water partition coefficient (Wildman–Crippen LogP) is 1.48. The van der Waals surface area contributed by atoms with Gasteiger partial charge in [0.1, 0.15) is 12.1 Å². The van der Waals surface area contributed by atoms with E-state index in [1.165, 1.54) is 14.7 Å². The largest absolute Gasteiger partial charge is 0.423 e. The maximum absolute atomic E-state index is 13.3. The van der Waals surface area contributed by atoms with Crippen molar-refractivity contribution < 1.29 is 35.9 Å². The van der Waals surface area contributed by atoms with E-state index in [1.54, 1.807) is 16.9 Å². The fourth-order valence-electron chi connectivity index (χ4n) is 4.43. The zero-order chi connectivity index (χ0) is 29.2. The maximum atomic E-state index is 13.3. The smallest absolute Gasteiger partial charge is 0.379 e. The van der Waals surface area contributed by atoms with Gasteiger partial charge in [-0.05, 0) is 6.92 Å². The van der Waals surface area contributed by atoms with E-state index in [0.29, 0.717) is 12.4 Å². The van der Waals surface area contributed by atoms with Crippen LogP contribution in [0, 0.1) is 0 Å². The van der Waals surface area contributed by atoms with Gasteiger partial charge in [-0.1, -0.05) is 0 Å². The minimum Gasteiger partial charge on any atom is -0.379 e. The second kappa shape index (κ2) is 11.2. The zero-order valence-corrected chi connectivity index (χ0v) is 21.1. The van der Waals surface area contributed by atoms with Crippen LogP contribution in [0.15, 0.2) is 23.4 Å². The summed E-state index contributed by atoms with van der Waals surface area (Å²) < 4.78 is 78.0. The van der Waals surface area contributed by atoms with E-state index >= 15 is 0 Å². The van der Waals surface area contributed by atoms with Gasteiger partial charge in [-0.25, -0.2) is 19.9 Å². The van der Waals surface area contributed by atoms with Crippen molar-refractivity contribution in [2.24, 2.45) is 0 Å². The number of rotatable bonds is 7. The lowest BCUT2D eigenvalue weighted by Gasteiger charge is -2.35. The fraction of sp³-hybridized carbons (Fsp3) is 0.545. The van der Waals surface area contributed by atoms with Crippen LogP contribution in [0.4, 0.5) is 42.8 Å². The number of aromatic amines is 1. The normalized spacial score (nSPS) is 17.4. The topological polar surface area (TPSA) is 131 Å². The van der Waals surface area contributed by atoms with Gasteiger partial charge in [0.2, 0.25) is 11.9 Å². The van der Waals surface area contributed by atoms with Crippen LogP contribution < -0.4 is 15.8 Å². The molecule has 4 heterocycles. The highest BCUT2D eigenvalue weighted by Gasteiger charge is 2.38. The number of halogens is 6. The Labute approximate surface area is 223 Å². The highest BCUT2D eigenvalue weighted by atomic mass is 19.4. The van der Waals surface area contributed by atoms with Crippen molar-refractivity contribution in [2.45, 2.75) is 25.3 Å². The third-order valence-corrected chi connectivity index (χ3v) is 6.42. The third-order valence-electron chi connectivity index (χ3n) is 6.42. The van der Waals surface area contributed by atoms with Crippen LogP contribution in [0.2, 0.25) is 0 Å². The highest BCUT2D eigenvalue weighted by molar-refractivity contribution is 5.85. The van der Waals surface area contributed by atoms with Gasteiger partial charge >= 0.3 is 18.4 Å². The lowest BCUT2D eigenvalue weighted by atomic mass is 10.2. The summed E-state index contributed by atoms with van der Waals surface area (Å²) in [6.07, 6.45) is -7.20. The van der Waals surface area contributed by atoms with Crippen LogP contribution in [-0.4, -0.2) is 105 Å². The fourth-order valence-corrected chi connectivity index (χ4v) is 4.43. The number of amides is 3. The summed E-state index contributed by atoms with van der Waals surface area (Å²) in [4.78, 5) is 50.7. The number of hydrogen-bond donors (Lipinski definition) is 2. The first-order valence-corrected chi connectivity index (χ1v) is 12.1. The first-order chi connectivity index (χ1) is 18.7. The van der Waals surface area contributed by atoms with E-state index in [2.05, 4.69) is 20.4 Å². The first-order valence-electron chi connectivity index (χ1n) is 12.1. The minimum absolute atomic E-state index is 0.0133. The Morgan fingerprint density at radius 3 is 2.17 bits per heavy atom.